The molecule has 2 heterocycles. The first kappa shape index (κ1) is 65.8. The van der Waals surface area contributed by atoms with Gasteiger partial charge in [-0.3, -0.25) is 44.3 Å². The number of hydrogen-bond acceptors (Lipinski definition) is 15. The highest BCUT2D eigenvalue weighted by Crippen LogP contribution is 2.42. The number of carbonyl (C=O) groups excluding carboxylic acids is 2. The van der Waals surface area contributed by atoms with Gasteiger partial charge < -0.3 is 35.4 Å². The van der Waals surface area contributed by atoms with Crippen LogP contribution in [-0.4, -0.2) is 165 Å². The van der Waals surface area contributed by atoms with Crippen LogP contribution in [0.15, 0.2) is 140 Å². The number of ether oxygens (including phenoxy) is 1. The fraction of sp³-hybridized carbons (Fsp3) is 0.397. The second-order valence-corrected chi connectivity index (χ2v) is 21.6. The highest BCUT2D eigenvalue weighted by atomic mass is 31.2. The molecule has 1 saturated heterocycles. The molecule has 0 bridgehead atoms. The van der Waals surface area contributed by atoms with Crippen LogP contribution in [-0.2, 0) is 32.1 Å². The Labute approximate surface area is 485 Å². The second-order valence-electron chi connectivity index (χ2n) is 20.5. The summed E-state index contributed by atoms with van der Waals surface area (Å²) >= 11 is 0. The van der Waals surface area contributed by atoms with Gasteiger partial charge in [0.15, 0.2) is 21.1 Å². The number of nitrogens with one attached hydrogen (secondary N) is 3. The van der Waals surface area contributed by atoms with Gasteiger partial charge in [0.05, 0.1) is 38.7 Å². The minimum atomic E-state index is -2.30. The third-order valence-corrected chi connectivity index (χ3v) is 14.6. The average Bonchev–Trinajstić information content (AvgIpc) is 3.54. The van der Waals surface area contributed by atoms with Gasteiger partial charge in [-0.15, -0.1) is 0 Å². The quantitative estimate of drug-likeness (QED) is 0.00453. The lowest BCUT2D eigenvalue weighted by atomic mass is 10.0. The average molecular weight is 1140 g/mol. The van der Waals surface area contributed by atoms with Gasteiger partial charge >= 0.3 is 11.9 Å². The van der Waals surface area contributed by atoms with Crippen molar-refractivity contribution in [2.75, 3.05) is 73.1 Å². The van der Waals surface area contributed by atoms with Gasteiger partial charge in [-0.05, 0) is 106 Å². The molecular weight excluding hydrogens is 1060 g/mol. The van der Waals surface area contributed by atoms with E-state index < -0.39 is 32.2 Å². The molecule has 1 fully saturated rings. The van der Waals surface area contributed by atoms with Gasteiger partial charge in [-0.1, -0.05) is 117 Å². The third-order valence-electron chi connectivity index (χ3n) is 13.7. The van der Waals surface area contributed by atoms with E-state index in [0.29, 0.717) is 83.4 Å². The number of allylic oxidation sites excluding steroid dienone is 1. The maximum atomic E-state index is 14.6. The van der Waals surface area contributed by atoms with Gasteiger partial charge in [-0.2, -0.15) is 4.58 Å². The molecule has 438 valence electrons. The van der Waals surface area contributed by atoms with Gasteiger partial charge in [0.25, 0.3) is 6.47 Å². The number of carbonyl (C=O) groups is 4. The first-order valence-electron chi connectivity index (χ1n) is 27.8. The summed E-state index contributed by atoms with van der Waals surface area (Å²) < 4.78 is 7.82. The van der Waals surface area contributed by atoms with Gasteiger partial charge in [0.1, 0.15) is 36.0 Å². The van der Waals surface area contributed by atoms with E-state index in [0.717, 1.165) is 76.7 Å². The van der Waals surface area contributed by atoms with E-state index in [1.54, 1.807) is 19.2 Å². The van der Waals surface area contributed by atoms with Crippen molar-refractivity contribution >= 4 is 49.6 Å². The number of unbranched alkanes of at least 4 members (excludes halogenated alkanes) is 3. The number of aromatic nitrogens is 1. The van der Waals surface area contributed by atoms with Crippen LogP contribution in [0.25, 0.3) is 10.9 Å². The van der Waals surface area contributed by atoms with Crippen LogP contribution in [0.5, 0.6) is 5.75 Å². The number of nitrogens with zero attached hydrogens (tertiary/aromatic N) is 6. The Kier molecular flexibility index (Phi) is 28.7. The maximum absolute atomic E-state index is 14.6. The van der Waals surface area contributed by atoms with E-state index in [1.165, 1.54) is 0 Å². The van der Waals surface area contributed by atoms with Crippen LogP contribution in [0, 0.1) is 11.8 Å². The molecule has 4 aromatic carbocycles. The van der Waals surface area contributed by atoms with E-state index in [2.05, 4.69) is 62.7 Å². The van der Waals surface area contributed by atoms with Crippen molar-refractivity contribution in [1.29, 1.82) is 0 Å². The smallest absolute Gasteiger partial charge is 0.404 e. The number of para-hydroxylation sites is 1. The number of fused-ring (bicyclic) bond motifs is 1. The normalized spacial score (nSPS) is 14.7. The molecule has 19 heteroatoms. The molecule has 5 aromatic rings. The number of carboxylic acids is 1. The van der Waals surface area contributed by atoms with E-state index in [9.17, 15) is 29.3 Å². The van der Waals surface area contributed by atoms with Gasteiger partial charge in [0.2, 0.25) is 0 Å². The van der Waals surface area contributed by atoms with E-state index >= 15 is 0 Å². The number of rotatable bonds is 30. The number of ketones is 1. The Bertz CT molecular complexity index is 2950. The molecule has 0 radical (unpaired) electrons. The van der Waals surface area contributed by atoms with E-state index in [1.807, 2.05) is 138 Å². The molecule has 6 rings (SSSR count). The number of carboxylic acid groups (broad SMARTS) is 2. The summed E-state index contributed by atoms with van der Waals surface area (Å²) in [6.45, 7) is 19.2. The molecule has 3 atom stereocenters. The molecule has 0 spiro atoms. The molecule has 1 aliphatic heterocycles. The summed E-state index contributed by atoms with van der Waals surface area (Å²) in [5.74, 6) is 5.32. The molecule has 0 saturated carbocycles. The Morgan fingerprint density at radius 1 is 0.854 bits per heavy atom. The summed E-state index contributed by atoms with van der Waals surface area (Å²) in [6.07, 6.45) is 8.53. The zero-order valence-corrected chi connectivity index (χ0v) is 48.9. The van der Waals surface area contributed by atoms with E-state index in [-0.39, 0.29) is 31.3 Å². The van der Waals surface area contributed by atoms with Crippen molar-refractivity contribution < 1.29 is 48.5 Å². The number of benzene rings is 4. The molecular formula is C63H83N9O9P+. The number of aliphatic carboxylic acids is 1. The first-order chi connectivity index (χ1) is 39.6. The Hall–Kier alpha value is -7.01. The highest BCUT2D eigenvalue weighted by molar-refractivity contribution is 7.45. The summed E-state index contributed by atoms with van der Waals surface area (Å²) in [5, 5.41) is 28.3. The van der Waals surface area contributed by atoms with Crippen LogP contribution in [0.3, 0.4) is 0 Å². The van der Waals surface area contributed by atoms with Crippen LogP contribution >= 0.6 is 8.38 Å². The molecule has 1 aromatic heterocycles. The van der Waals surface area contributed by atoms with Gasteiger partial charge in [-0.25, -0.2) is 4.79 Å². The highest BCUT2D eigenvalue weighted by Gasteiger charge is 2.32. The number of amides is 1. The molecule has 1 aliphatic rings. The minimum Gasteiger partial charge on any atom is -0.483 e. The lowest BCUT2D eigenvalue weighted by Gasteiger charge is -2.43. The maximum Gasteiger partial charge on any atom is 0.404 e. The minimum absolute atomic E-state index is 0.0329. The Morgan fingerprint density at radius 3 is 2.27 bits per heavy atom. The molecule has 18 nitrogen and oxygen atoms in total. The predicted octanol–water partition coefficient (Wildman–Crippen LogP) is 7.37. The summed E-state index contributed by atoms with van der Waals surface area (Å²) in [5.41, 5.74) is 7.07. The molecule has 82 heavy (non-hydrogen) atoms. The van der Waals surface area contributed by atoms with Crippen molar-refractivity contribution in [2.45, 2.75) is 90.1 Å². The summed E-state index contributed by atoms with van der Waals surface area (Å²) in [6, 6.07) is 33.5. The number of likely N-dealkylation sites (N-methyl/N-ethyl adjacent to an activating group) is 1. The van der Waals surface area contributed by atoms with Crippen molar-refractivity contribution in [2.24, 2.45) is 0 Å². The van der Waals surface area contributed by atoms with Crippen molar-refractivity contribution in [3.8, 4) is 17.6 Å². The summed E-state index contributed by atoms with van der Waals surface area (Å²) in [7, 11) is -0.494. The lowest BCUT2D eigenvalue weighted by molar-refractivity contribution is -0.447. The SMILES string of the molecule is C=C(C)CN1CN(CC)CN(C(CCC(=C)NCCCCCC[N+](=Cc2ccnc3ccccc23)C(=O)C(Cc2cccc(C#CCOc3cccc(C(NCc4ccccc4)P(O)O)c3)c2)NC)C(=O)O)CN(CC(C)=O)C1.O=CO. The van der Waals surface area contributed by atoms with Crippen LogP contribution < -0.4 is 20.7 Å². The largest absolute Gasteiger partial charge is 0.483 e. The number of hydrogen-bond donors (Lipinski definition) is 7. The van der Waals surface area contributed by atoms with Crippen LogP contribution in [0.4, 0.5) is 0 Å². The summed E-state index contributed by atoms with van der Waals surface area (Å²) in [4.78, 5) is 81.5. The van der Waals surface area contributed by atoms with Crippen LogP contribution in [0.1, 0.15) is 92.9 Å². The van der Waals surface area contributed by atoms with Gasteiger partial charge in [0, 0.05) is 60.9 Å². The fourth-order valence-electron chi connectivity index (χ4n) is 9.78. The fourth-order valence-corrected chi connectivity index (χ4v) is 10.5. The molecule has 7 N–H and O–H groups in total. The van der Waals surface area contributed by atoms with Crippen molar-refractivity contribution in [1.82, 2.24) is 40.5 Å². The second kappa shape index (κ2) is 35.8. The monoisotopic (exact) mass is 1140 g/mol. The zero-order valence-electron chi connectivity index (χ0n) is 48.0. The van der Waals surface area contributed by atoms with Crippen LogP contribution in [0.2, 0.25) is 0 Å². The molecule has 0 aliphatic carbocycles. The molecule has 1 amide bonds. The standard InChI is InChI=1S/C62H80N9O7P.CH2O2/c1-7-67-43-68(40-47(2)3)44-69(41-49(5)72)46-71(45-67)59(62(74)75)30-29-48(4)64-32-15-8-9-16-34-70(42-54-31-33-65-57-28-14-13-27-56(54)57)61(73)58(63-6)37-52-23-17-22-50(36-52)24-19-35-78-55-26-18-25-53(38-55)60(79(76)77)66-39-51-20-11-10-12-21-51;2-1-3/h10-14,17-18,20-23,25-28,31,33,36,38,42,58-60,63-64,66,76-77H,2,4,7-9,15-16,29-30,32,34-35,37,39-41,43-46H2,1,3,5-6H3;1H,(H,2,3)/p+1. The predicted molar refractivity (Wildman–Crippen MR) is 324 cm³/mol. The third kappa shape index (κ3) is 22.7. The molecule has 3 unspecified atom stereocenters. The Balaban J connectivity index is 0.00000402. The van der Waals surface area contributed by atoms with Crippen molar-refractivity contribution in [3.63, 3.8) is 0 Å². The van der Waals surface area contributed by atoms with E-state index in [4.69, 9.17) is 14.6 Å². The Morgan fingerprint density at radius 2 is 1.55 bits per heavy atom. The zero-order chi connectivity index (χ0) is 59.2. The number of Topliss-reactive ketones (excluding diaryl/α,β-unsaturated/α-hetero) is 1. The number of pyridine rings is 1. The first-order valence-corrected chi connectivity index (χ1v) is 29.1. The van der Waals surface area contributed by atoms with Crippen molar-refractivity contribution in [3.05, 3.63) is 168 Å². The lowest BCUT2D eigenvalue weighted by Crippen LogP contribution is -2.58. The topological polar surface area (TPSA) is 223 Å².